The summed E-state index contributed by atoms with van der Waals surface area (Å²) in [6.45, 7) is 5.24. The molecule has 30 heavy (non-hydrogen) atoms. The highest BCUT2D eigenvalue weighted by molar-refractivity contribution is 6.15. The third-order valence-electron chi connectivity index (χ3n) is 5.76. The number of benzene rings is 2. The predicted octanol–water partition coefficient (Wildman–Crippen LogP) is 4.92. The molecule has 0 saturated heterocycles. The van der Waals surface area contributed by atoms with Gasteiger partial charge in [0, 0.05) is 25.0 Å². The molecule has 1 aromatic heterocycles. The van der Waals surface area contributed by atoms with Gasteiger partial charge in [0.1, 0.15) is 18.2 Å². The summed E-state index contributed by atoms with van der Waals surface area (Å²) < 4.78 is 12.2. The molecular formula is C25H22N2O3. The maximum absolute atomic E-state index is 13.1. The van der Waals surface area contributed by atoms with Crippen LogP contribution in [-0.2, 0) is 6.54 Å². The minimum Gasteiger partial charge on any atom is -0.478 e. The maximum Gasteiger partial charge on any atom is 0.232 e. The molecular weight excluding hydrogens is 376 g/mol. The summed E-state index contributed by atoms with van der Waals surface area (Å²) in [6.07, 6.45) is 5.16. The van der Waals surface area contributed by atoms with Crippen LogP contribution in [0, 0.1) is 6.92 Å². The highest BCUT2D eigenvalue weighted by Gasteiger charge is 2.36. The standard InChI is InChI=1S/C25H22N2O3/c1-16-11-21-20(14-27(15-29-21)17(2)19-8-4-3-5-9-19)25-23(16)24(28)22(30-25)12-18-7-6-10-26-13-18/h3-13,17H,14-15H2,1-2H3/b22-12-. The number of aromatic nitrogens is 1. The highest BCUT2D eigenvalue weighted by Crippen LogP contribution is 2.45. The van der Waals surface area contributed by atoms with Crippen molar-refractivity contribution in [3.8, 4) is 11.5 Å². The van der Waals surface area contributed by atoms with Crippen molar-refractivity contribution in [2.24, 2.45) is 0 Å². The molecule has 0 aliphatic carbocycles. The lowest BCUT2D eigenvalue weighted by molar-refractivity contribution is 0.0605. The van der Waals surface area contributed by atoms with Crippen LogP contribution in [0.4, 0.5) is 0 Å². The topological polar surface area (TPSA) is 51.7 Å². The lowest BCUT2D eigenvalue weighted by atomic mass is 9.98. The van der Waals surface area contributed by atoms with E-state index in [1.165, 1.54) is 5.56 Å². The number of carbonyl (C=O) groups is 1. The first-order valence-electron chi connectivity index (χ1n) is 10.0. The van der Waals surface area contributed by atoms with Gasteiger partial charge in [0.15, 0.2) is 5.76 Å². The molecule has 5 heteroatoms. The average Bonchev–Trinajstić information content (AvgIpc) is 3.11. The van der Waals surface area contributed by atoms with Crippen molar-refractivity contribution >= 4 is 11.9 Å². The summed E-state index contributed by atoms with van der Waals surface area (Å²) in [5.41, 5.74) is 4.47. The van der Waals surface area contributed by atoms with Gasteiger partial charge in [-0.2, -0.15) is 0 Å². The number of hydrogen-bond donors (Lipinski definition) is 0. The van der Waals surface area contributed by atoms with Gasteiger partial charge in [0.25, 0.3) is 0 Å². The average molecular weight is 398 g/mol. The van der Waals surface area contributed by atoms with E-state index in [0.717, 1.165) is 22.4 Å². The Kier molecular flexibility index (Phi) is 4.60. The summed E-state index contributed by atoms with van der Waals surface area (Å²) in [4.78, 5) is 19.4. The van der Waals surface area contributed by atoms with Gasteiger partial charge >= 0.3 is 0 Å². The fourth-order valence-electron chi connectivity index (χ4n) is 4.05. The number of allylic oxidation sites excluding steroid dienone is 1. The number of fused-ring (bicyclic) bond motifs is 3. The largest absolute Gasteiger partial charge is 0.478 e. The number of ether oxygens (including phenoxy) is 2. The van der Waals surface area contributed by atoms with E-state index < -0.39 is 0 Å². The molecule has 0 amide bonds. The van der Waals surface area contributed by atoms with Crippen molar-refractivity contribution in [3.63, 3.8) is 0 Å². The third-order valence-corrected chi connectivity index (χ3v) is 5.76. The number of hydrogen-bond acceptors (Lipinski definition) is 5. The van der Waals surface area contributed by atoms with E-state index in [1.807, 2.05) is 43.3 Å². The summed E-state index contributed by atoms with van der Waals surface area (Å²) in [5, 5.41) is 0. The highest BCUT2D eigenvalue weighted by atomic mass is 16.5. The van der Waals surface area contributed by atoms with E-state index in [4.69, 9.17) is 9.47 Å². The molecule has 0 saturated carbocycles. The van der Waals surface area contributed by atoms with Gasteiger partial charge in [-0.1, -0.05) is 36.4 Å². The number of Topliss-reactive ketones (excluding diaryl/α,β-unsaturated/α-hetero) is 1. The van der Waals surface area contributed by atoms with Crippen LogP contribution in [-0.4, -0.2) is 22.4 Å². The molecule has 3 heterocycles. The first-order chi connectivity index (χ1) is 14.6. The number of ketones is 1. The Balaban J connectivity index is 1.50. The SMILES string of the molecule is Cc1cc2c(c3c1C(=O)/C(=C/c1cccnc1)O3)CN(C(C)c1ccccc1)CO2. The molecule has 2 aromatic carbocycles. The normalized spacial score (nSPS) is 17.8. The van der Waals surface area contributed by atoms with Crippen LogP contribution in [0.2, 0.25) is 0 Å². The zero-order chi connectivity index (χ0) is 20.7. The number of pyridine rings is 1. The fourth-order valence-corrected chi connectivity index (χ4v) is 4.05. The van der Waals surface area contributed by atoms with E-state index in [0.29, 0.717) is 30.3 Å². The maximum atomic E-state index is 13.1. The molecule has 5 rings (SSSR count). The van der Waals surface area contributed by atoms with Crippen molar-refractivity contribution in [3.05, 3.63) is 94.5 Å². The van der Waals surface area contributed by atoms with Crippen LogP contribution in [0.15, 0.2) is 66.7 Å². The van der Waals surface area contributed by atoms with Crippen LogP contribution in [0.3, 0.4) is 0 Å². The second kappa shape index (κ2) is 7.43. The Morgan fingerprint density at radius 1 is 1.17 bits per heavy atom. The van der Waals surface area contributed by atoms with Crippen molar-refractivity contribution in [2.45, 2.75) is 26.4 Å². The molecule has 3 aromatic rings. The van der Waals surface area contributed by atoms with Crippen molar-refractivity contribution < 1.29 is 14.3 Å². The van der Waals surface area contributed by atoms with Crippen LogP contribution in [0.25, 0.3) is 6.08 Å². The zero-order valence-electron chi connectivity index (χ0n) is 17.0. The lowest BCUT2D eigenvalue weighted by Crippen LogP contribution is -2.34. The Hall–Kier alpha value is -3.44. The second-order valence-corrected chi connectivity index (χ2v) is 7.71. The van der Waals surface area contributed by atoms with Crippen LogP contribution in [0.1, 0.15) is 45.6 Å². The van der Waals surface area contributed by atoms with Gasteiger partial charge in [0.05, 0.1) is 11.1 Å². The van der Waals surface area contributed by atoms with E-state index in [1.54, 1.807) is 18.5 Å². The Bertz CT molecular complexity index is 1140. The van der Waals surface area contributed by atoms with E-state index in [-0.39, 0.29) is 11.8 Å². The first-order valence-corrected chi connectivity index (χ1v) is 10.0. The second-order valence-electron chi connectivity index (χ2n) is 7.71. The lowest BCUT2D eigenvalue weighted by Gasteiger charge is -2.34. The Morgan fingerprint density at radius 3 is 2.77 bits per heavy atom. The Labute approximate surface area is 175 Å². The van der Waals surface area contributed by atoms with Crippen LogP contribution in [0.5, 0.6) is 11.5 Å². The molecule has 0 N–H and O–H groups in total. The third kappa shape index (κ3) is 3.17. The fraction of sp³-hybridized carbons (Fsp3) is 0.200. The van der Waals surface area contributed by atoms with Gasteiger partial charge in [-0.25, -0.2) is 0 Å². The molecule has 0 bridgehead atoms. The molecule has 5 nitrogen and oxygen atoms in total. The monoisotopic (exact) mass is 398 g/mol. The number of aryl methyl sites for hydroxylation is 1. The van der Waals surface area contributed by atoms with Gasteiger partial charge < -0.3 is 9.47 Å². The van der Waals surface area contributed by atoms with Gasteiger partial charge in [-0.15, -0.1) is 0 Å². The summed E-state index contributed by atoms with van der Waals surface area (Å²) in [6, 6.07) is 16.2. The molecule has 2 aliphatic heterocycles. The molecule has 1 atom stereocenters. The summed E-state index contributed by atoms with van der Waals surface area (Å²) >= 11 is 0. The number of nitrogens with zero attached hydrogens (tertiary/aromatic N) is 2. The minimum absolute atomic E-state index is 0.0950. The predicted molar refractivity (Wildman–Crippen MR) is 114 cm³/mol. The van der Waals surface area contributed by atoms with Gasteiger partial charge in [0.2, 0.25) is 5.78 Å². The summed E-state index contributed by atoms with van der Waals surface area (Å²) in [5.74, 6) is 1.64. The van der Waals surface area contributed by atoms with Crippen molar-refractivity contribution in [2.75, 3.05) is 6.73 Å². The van der Waals surface area contributed by atoms with E-state index in [2.05, 4.69) is 28.9 Å². The van der Waals surface area contributed by atoms with Crippen LogP contribution >= 0.6 is 0 Å². The molecule has 0 fully saturated rings. The zero-order valence-corrected chi connectivity index (χ0v) is 17.0. The minimum atomic E-state index is -0.0950. The molecule has 150 valence electrons. The van der Waals surface area contributed by atoms with E-state index in [9.17, 15) is 4.79 Å². The summed E-state index contributed by atoms with van der Waals surface area (Å²) in [7, 11) is 0. The number of rotatable bonds is 3. The Morgan fingerprint density at radius 2 is 2.00 bits per heavy atom. The van der Waals surface area contributed by atoms with Crippen LogP contribution < -0.4 is 9.47 Å². The molecule has 0 radical (unpaired) electrons. The van der Waals surface area contributed by atoms with Gasteiger partial charge in [-0.3, -0.25) is 14.7 Å². The molecule has 2 aliphatic rings. The van der Waals surface area contributed by atoms with Crippen molar-refractivity contribution in [1.82, 2.24) is 9.88 Å². The van der Waals surface area contributed by atoms with Gasteiger partial charge in [-0.05, 0) is 48.7 Å². The van der Waals surface area contributed by atoms with E-state index >= 15 is 0 Å². The smallest absolute Gasteiger partial charge is 0.232 e. The first kappa shape index (κ1) is 18.6. The van der Waals surface area contributed by atoms with Crippen molar-refractivity contribution in [1.29, 1.82) is 0 Å². The molecule has 0 spiro atoms. The number of carbonyl (C=O) groups excluding carboxylic acids is 1. The quantitative estimate of drug-likeness (QED) is 0.586. The molecule has 1 unspecified atom stereocenters.